The molecule has 1 atom stereocenters. The zero-order valence-electron chi connectivity index (χ0n) is 13.2. The first-order valence-electron chi connectivity index (χ1n) is 7.48. The van der Waals surface area contributed by atoms with Crippen molar-refractivity contribution in [3.05, 3.63) is 35.4 Å². The highest BCUT2D eigenvalue weighted by Crippen LogP contribution is 2.16. The lowest BCUT2D eigenvalue weighted by Gasteiger charge is -2.31. The molecule has 0 heterocycles. The van der Waals surface area contributed by atoms with Crippen LogP contribution in [0, 0.1) is 17.2 Å². The van der Waals surface area contributed by atoms with Gasteiger partial charge < -0.3 is 10.2 Å². The molecule has 3 nitrogen and oxygen atoms in total. The Balaban J connectivity index is 2.49. The van der Waals surface area contributed by atoms with Gasteiger partial charge in [-0.3, -0.25) is 0 Å². The average Bonchev–Trinajstić information content (AvgIpc) is 2.47. The van der Waals surface area contributed by atoms with Crippen LogP contribution in [0.25, 0.3) is 0 Å². The van der Waals surface area contributed by atoms with Crippen LogP contribution in [-0.4, -0.2) is 31.6 Å². The third-order valence-electron chi connectivity index (χ3n) is 4.02. The highest BCUT2D eigenvalue weighted by atomic mass is 15.1. The zero-order chi connectivity index (χ0) is 15.0. The van der Waals surface area contributed by atoms with Gasteiger partial charge in [-0.1, -0.05) is 38.8 Å². The van der Waals surface area contributed by atoms with Crippen LogP contribution in [0.3, 0.4) is 0 Å². The topological polar surface area (TPSA) is 39.1 Å². The Morgan fingerprint density at radius 1 is 1.15 bits per heavy atom. The molecule has 110 valence electrons. The first kappa shape index (κ1) is 16.7. The fraction of sp³-hybridized carbons (Fsp3) is 0.588. The van der Waals surface area contributed by atoms with Crippen molar-refractivity contribution in [3.8, 4) is 6.07 Å². The van der Waals surface area contributed by atoms with E-state index in [2.05, 4.69) is 44.2 Å². The maximum Gasteiger partial charge on any atom is 0.0991 e. The molecule has 0 fully saturated rings. The molecule has 0 aliphatic heterocycles. The van der Waals surface area contributed by atoms with E-state index >= 15 is 0 Å². The fourth-order valence-electron chi connectivity index (χ4n) is 2.67. The average molecular weight is 273 g/mol. The van der Waals surface area contributed by atoms with Gasteiger partial charge in [0.1, 0.15) is 0 Å². The number of nitrogens with zero attached hydrogens (tertiary/aromatic N) is 2. The quantitative estimate of drug-likeness (QED) is 0.791. The molecule has 20 heavy (non-hydrogen) atoms. The maximum absolute atomic E-state index is 8.78. The smallest absolute Gasteiger partial charge is 0.0991 e. The first-order chi connectivity index (χ1) is 9.62. The Kier molecular flexibility index (Phi) is 7.28. The second kappa shape index (κ2) is 8.73. The van der Waals surface area contributed by atoms with Crippen LogP contribution in [0.5, 0.6) is 0 Å². The number of nitrogens with one attached hydrogen (secondary N) is 1. The van der Waals surface area contributed by atoms with Gasteiger partial charge in [-0.25, -0.2) is 0 Å². The molecular weight excluding hydrogens is 246 g/mol. The lowest BCUT2D eigenvalue weighted by molar-refractivity contribution is 0.194. The second-order valence-electron chi connectivity index (χ2n) is 5.55. The molecule has 1 aromatic carbocycles. The van der Waals surface area contributed by atoms with Crippen molar-refractivity contribution in [3.63, 3.8) is 0 Å². The third-order valence-corrected chi connectivity index (χ3v) is 4.02. The summed E-state index contributed by atoms with van der Waals surface area (Å²) in [6, 6.07) is 10.5. The van der Waals surface area contributed by atoms with Crippen LogP contribution < -0.4 is 5.32 Å². The SMILES string of the molecule is CCC(CC)C(CNCc1ccc(C#N)cc1)N(C)C. The molecule has 0 aromatic heterocycles. The molecule has 0 saturated carbocycles. The van der Waals surface area contributed by atoms with Crippen LogP contribution >= 0.6 is 0 Å². The van der Waals surface area contributed by atoms with E-state index in [-0.39, 0.29) is 0 Å². The van der Waals surface area contributed by atoms with E-state index in [1.165, 1.54) is 18.4 Å². The molecule has 0 amide bonds. The summed E-state index contributed by atoms with van der Waals surface area (Å²) in [5.41, 5.74) is 1.95. The molecule has 0 radical (unpaired) electrons. The van der Waals surface area contributed by atoms with Crippen molar-refractivity contribution in [1.29, 1.82) is 5.26 Å². The summed E-state index contributed by atoms with van der Waals surface area (Å²) in [6.45, 7) is 6.39. The van der Waals surface area contributed by atoms with Crippen molar-refractivity contribution < 1.29 is 0 Å². The van der Waals surface area contributed by atoms with Crippen LogP contribution in [0.15, 0.2) is 24.3 Å². The second-order valence-corrected chi connectivity index (χ2v) is 5.55. The molecule has 3 heteroatoms. The minimum Gasteiger partial charge on any atom is -0.311 e. The fourth-order valence-corrected chi connectivity index (χ4v) is 2.67. The van der Waals surface area contributed by atoms with Crippen LogP contribution in [0.1, 0.15) is 37.8 Å². The molecule has 0 aliphatic carbocycles. The number of hydrogen-bond donors (Lipinski definition) is 1. The number of nitriles is 1. The van der Waals surface area contributed by atoms with Crippen LogP contribution in [0.4, 0.5) is 0 Å². The summed E-state index contributed by atoms with van der Waals surface area (Å²) in [5, 5.41) is 12.3. The van der Waals surface area contributed by atoms with E-state index in [1.54, 1.807) is 0 Å². The Morgan fingerprint density at radius 2 is 1.75 bits per heavy atom. The van der Waals surface area contributed by atoms with Gasteiger partial charge in [0.25, 0.3) is 0 Å². The highest BCUT2D eigenvalue weighted by Gasteiger charge is 2.19. The predicted octanol–water partition coefficient (Wildman–Crippen LogP) is 3.01. The molecular formula is C17H27N3. The minimum atomic E-state index is 0.573. The predicted molar refractivity (Wildman–Crippen MR) is 84.4 cm³/mol. The summed E-state index contributed by atoms with van der Waals surface area (Å²) in [4.78, 5) is 2.32. The largest absolute Gasteiger partial charge is 0.311 e. The van der Waals surface area contributed by atoms with Crippen molar-refractivity contribution in [2.75, 3.05) is 20.6 Å². The van der Waals surface area contributed by atoms with Gasteiger partial charge in [0, 0.05) is 19.1 Å². The number of rotatable bonds is 8. The zero-order valence-corrected chi connectivity index (χ0v) is 13.2. The van der Waals surface area contributed by atoms with Gasteiger partial charge in [0.15, 0.2) is 0 Å². The Bertz CT molecular complexity index is 413. The Hall–Kier alpha value is -1.37. The molecule has 1 rings (SSSR count). The minimum absolute atomic E-state index is 0.573. The van der Waals surface area contributed by atoms with E-state index in [0.29, 0.717) is 6.04 Å². The third kappa shape index (κ3) is 4.96. The van der Waals surface area contributed by atoms with Crippen LogP contribution in [0.2, 0.25) is 0 Å². The van der Waals surface area contributed by atoms with Gasteiger partial charge in [-0.05, 0) is 37.7 Å². The molecule has 1 N–H and O–H groups in total. The van der Waals surface area contributed by atoms with E-state index in [0.717, 1.165) is 24.6 Å². The summed E-state index contributed by atoms with van der Waals surface area (Å²) in [7, 11) is 4.32. The number of hydrogen-bond acceptors (Lipinski definition) is 3. The van der Waals surface area contributed by atoms with Gasteiger partial charge in [0.2, 0.25) is 0 Å². The molecule has 0 aliphatic rings. The lowest BCUT2D eigenvalue weighted by Crippen LogP contribution is -2.42. The van der Waals surface area contributed by atoms with Gasteiger partial charge in [-0.15, -0.1) is 0 Å². The molecule has 0 saturated heterocycles. The molecule has 0 bridgehead atoms. The lowest BCUT2D eigenvalue weighted by atomic mass is 9.93. The van der Waals surface area contributed by atoms with Gasteiger partial charge in [0.05, 0.1) is 11.6 Å². The van der Waals surface area contributed by atoms with Gasteiger partial charge >= 0.3 is 0 Å². The van der Waals surface area contributed by atoms with Gasteiger partial charge in [-0.2, -0.15) is 5.26 Å². The van der Waals surface area contributed by atoms with E-state index in [1.807, 2.05) is 24.3 Å². The van der Waals surface area contributed by atoms with Crippen molar-refractivity contribution in [2.45, 2.75) is 39.3 Å². The van der Waals surface area contributed by atoms with Crippen LogP contribution in [-0.2, 0) is 6.54 Å². The van der Waals surface area contributed by atoms with Crippen molar-refractivity contribution in [2.24, 2.45) is 5.92 Å². The monoisotopic (exact) mass is 273 g/mol. The summed E-state index contributed by atoms with van der Waals surface area (Å²) >= 11 is 0. The Labute approximate surface area is 123 Å². The maximum atomic E-state index is 8.78. The van der Waals surface area contributed by atoms with E-state index in [9.17, 15) is 0 Å². The van der Waals surface area contributed by atoms with Crippen molar-refractivity contribution >= 4 is 0 Å². The standard InChI is InChI=1S/C17H27N3/c1-5-16(6-2)17(20(3)4)13-19-12-15-9-7-14(11-18)8-10-15/h7-10,16-17,19H,5-6,12-13H2,1-4H3. The number of benzene rings is 1. The van der Waals surface area contributed by atoms with Crippen molar-refractivity contribution in [1.82, 2.24) is 10.2 Å². The molecule has 1 unspecified atom stereocenters. The first-order valence-corrected chi connectivity index (χ1v) is 7.48. The van der Waals surface area contributed by atoms with E-state index < -0.39 is 0 Å². The number of likely N-dealkylation sites (N-methyl/N-ethyl adjacent to an activating group) is 1. The summed E-state index contributed by atoms with van der Waals surface area (Å²) in [6.07, 6.45) is 2.44. The molecule has 0 spiro atoms. The highest BCUT2D eigenvalue weighted by molar-refractivity contribution is 5.31. The summed E-state index contributed by atoms with van der Waals surface area (Å²) < 4.78 is 0. The summed E-state index contributed by atoms with van der Waals surface area (Å²) in [5.74, 6) is 0.735. The Morgan fingerprint density at radius 3 is 2.20 bits per heavy atom. The van der Waals surface area contributed by atoms with E-state index in [4.69, 9.17) is 5.26 Å². The normalized spacial score (nSPS) is 12.7. The molecule has 1 aromatic rings.